The molecule has 0 amide bonds. The summed E-state index contributed by atoms with van der Waals surface area (Å²) in [6.07, 6.45) is 0. The van der Waals surface area contributed by atoms with Gasteiger partial charge < -0.3 is 14.5 Å². The second kappa shape index (κ2) is 6.48. The molecule has 102 valence electrons. The number of hydrogen-bond acceptors (Lipinski definition) is 8. The van der Waals surface area contributed by atoms with Crippen molar-refractivity contribution in [2.45, 2.75) is 30.7 Å². The molecule has 0 fully saturated rings. The maximum Gasteiger partial charge on any atom is 0.282 e. The van der Waals surface area contributed by atoms with Crippen LogP contribution in [0.25, 0.3) is 0 Å². The fourth-order valence-corrected chi connectivity index (χ4v) is 2.14. The number of nitrogens with zero attached hydrogens (tertiary/aromatic N) is 4. The lowest BCUT2D eigenvalue weighted by Crippen LogP contribution is -2.05. The molecule has 0 aromatic carbocycles. The Morgan fingerprint density at radius 1 is 1.37 bits per heavy atom. The fourth-order valence-electron chi connectivity index (χ4n) is 1.40. The first-order valence-electron chi connectivity index (χ1n) is 5.80. The van der Waals surface area contributed by atoms with E-state index >= 15 is 0 Å². The first kappa shape index (κ1) is 13.8. The SMILES string of the molecule is CCNc1cc(Sc2nnc(C)o2)nc(COC)n1. The van der Waals surface area contributed by atoms with Gasteiger partial charge in [-0.2, -0.15) is 0 Å². The van der Waals surface area contributed by atoms with Crippen LogP contribution in [0.4, 0.5) is 5.82 Å². The summed E-state index contributed by atoms with van der Waals surface area (Å²) in [6.45, 7) is 4.90. The van der Waals surface area contributed by atoms with Gasteiger partial charge in [-0.1, -0.05) is 0 Å². The number of anilines is 1. The molecular formula is C11H15N5O2S. The summed E-state index contributed by atoms with van der Waals surface area (Å²) in [5, 5.41) is 12.1. The number of rotatable bonds is 6. The zero-order valence-corrected chi connectivity index (χ0v) is 11.8. The summed E-state index contributed by atoms with van der Waals surface area (Å²) >= 11 is 1.30. The summed E-state index contributed by atoms with van der Waals surface area (Å²) < 4.78 is 10.4. The third-order valence-electron chi connectivity index (χ3n) is 2.08. The smallest absolute Gasteiger partial charge is 0.282 e. The van der Waals surface area contributed by atoms with Crippen molar-refractivity contribution >= 4 is 17.6 Å². The van der Waals surface area contributed by atoms with Crippen LogP contribution in [-0.4, -0.2) is 33.8 Å². The Bertz CT molecular complexity index is 521. The van der Waals surface area contributed by atoms with Crippen molar-refractivity contribution in [3.63, 3.8) is 0 Å². The molecule has 2 rings (SSSR count). The summed E-state index contributed by atoms with van der Waals surface area (Å²) in [5.41, 5.74) is 0. The zero-order chi connectivity index (χ0) is 13.7. The van der Waals surface area contributed by atoms with E-state index in [4.69, 9.17) is 9.15 Å². The van der Waals surface area contributed by atoms with Crippen molar-refractivity contribution in [1.82, 2.24) is 20.2 Å². The largest absolute Gasteiger partial charge is 0.416 e. The number of hydrogen-bond donors (Lipinski definition) is 1. The van der Waals surface area contributed by atoms with Crippen molar-refractivity contribution in [3.05, 3.63) is 17.8 Å². The molecule has 1 N–H and O–H groups in total. The molecule has 7 nitrogen and oxygen atoms in total. The molecule has 8 heteroatoms. The lowest BCUT2D eigenvalue weighted by Gasteiger charge is -2.06. The van der Waals surface area contributed by atoms with Gasteiger partial charge in [0.25, 0.3) is 5.22 Å². The average molecular weight is 281 g/mol. The normalized spacial score (nSPS) is 10.7. The highest BCUT2D eigenvalue weighted by Crippen LogP contribution is 2.26. The number of ether oxygens (including phenoxy) is 1. The highest BCUT2D eigenvalue weighted by Gasteiger charge is 2.10. The van der Waals surface area contributed by atoms with E-state index < -0.39 is 0 Å². The third kappa shape index (κ3) is 3.90. The Kier molecular flexibility index (Phi) is 4.69. The summed E-state index contributed by atoms with van der Waals surface area (Å²) in [5.74, 6) is 1.89. The van der Waals surface area contributed by atoms with Gasteiger partial charge in [-0.3, -0.25) is 0 Å². The van der Waals surface area contributed by atoms with Gasteiger partial charge in [0.15, 0.2) is 5.82 Å². The monoisotopic (exact) mass is 281 g/mol. The van der Waals surface area contributed by atoms with E-state index in [9.17, 15) is 0 Å². The van der Waals surface area contributed by atoms with Crippen LogP contribution >= 0.6 is 11.8 Å². The quantitative estimate of drug-likeness (QED) is 0.803. The van der Waals surface area contributed by atoms with Crippen molar-refractivity contribution in [3.8, 4) is 0 Å². The van der Waals surface area contributed by atoms with Crippen LogP contribution in [0, 0.1) is 6.92 Å². The van der Waals surface area contributed by atoms with Gasteiger partial charge in [0.2, 0.25) is 5.89 Å². The summed E-state index contributed by atoms with van der Waals surface area (Å²) in [7, 11) is 1.61. The molecule has 0 spiro atoms. The lowest BCUT2D eigenvalue weighted by atomic mass is 10.5. The van der Waals surface area contributed by atoms with Gasteiger partial charge in [-0.05, 0) is 18.7 Å². The van der Waals surface area contributed by atoms with E-state index in [2.05, 4.69) is 25.5 Å². The Hall–Kier alpha value is -1.67. The highest BCUT2D eigenvalue weighted by atomic mass is 32.2. The summed E-state index contributed by atoms with van der Waals surface area (Å²) in [6, 6.07) is 1.84. The van der Waals surface area contributed by atoms with Gasteiger partial charge in [0, 0.05) is 26.6 Å². The molecule has 0 atom stereocenters. The minimum atomic E-state index is 0.357. The highest BCUT2D eigenvalue weighted by molar-refractivity contribution is 7.99. The number of methoxy groups -OCH3 is 1. The van der Waals surface area contributed by atoms with Crippen LogP contribution in [0.1, 0.15) is 18.6 Å². The predicted octanol–water partition coefficient (Wildman–Crippen LogP) is 1.90. The number of nitrogens with one attached hydrogen (secondary N) is 1. The topological polar surface area (TPSA) is 86.0 Å². The number of aromatic nitrogens is 4. The molecule has 2 heterocycles. The molecule has 0 saturated carbocycles. The fraction of sp³-hybridized carbons (Fsp3) is 0.455. The Morgan fingerprint density at radius 3 is 2.84 bits per heavy atom. The second-order valence-corrected chi connectivity index (χ2v) is 4.63. The van der Waals surface area contributed by atoms with Crippen molar-refractivity contribution in [1.29, 1.82) is 0 Å². The summed E-state index contributed by atoms with van der Waals surface area (Å²) in [4.78, 5) is 8.70. The molecule has 19 heavy (non-hydrogen) atoms. The first-order chi connectivity index (χ1) is 9.21. The van der Waals surface area contributed by atoms with Gasteiger partial charge in [0.05, 0.1) is 0 Å². The Balaban J connectivity index is 2.22. The van der Waals surface area contributed by atoms with Gasteiger partial charge in [0.1, 0.15) is 17.5 Å². The van der Waals surface area contributed by atoms with Crippen LogP contribution in [0.3, 0.4) is 0 Å². The standard InChI is InChI=1S/C11H15N5O2S/c1-4-12-8-5-10(14-9(13-8)6-17-3)19-11-16-15-7(2)18-11/h5H,4,6H2,1-3H3,(H,12,13,14). The number of aryl methyl sites for hydroxylation is 1. The molecule has 0 saturated heterocycles. The second-order valence-electron chi connectivity index (χ2n) is 3.66. The van der Waals surface area contributed by atoms with Gasteiger partial charge in [-0.15, -0.1) is 10.2 Å². The zero-order valence-electron chi connectivity index (χ0n) is 11.0. The Morgan fingerprint density at radius 2 is 2.21 bits per heavy atom. The minimum Gasteiger partial charge on any atom is -0.416 e. The van der Waals surface area contributed by atoms with Crippen molar-refractivity contribution in [2.75, 3.05) is 19.0 Å². The molecule has 0 bridgehead atoms. The van der Waals surface area contributed by atoms with Crippen LogP contribution in [0.2, 0.25) is 0 Å². The first-order valence-corrected chi connectivity index (χ1v) is 6.61. The van der Waals surface area contributed by atoms with Crippen molar-refractivity contribution < 1.29 is 9.15 Å². The lowest BCUT2D eigenvalue weighted by molar-refractivity contribution is 0.177. The van der Waals surface area contributed by atoms with E-state index in [0.29, 0.717) is 23.5 Å². The molecule has 0 unspecified atom stereocenters. The van der Waals surface area contributed by atoms with E-state index in [0.717, 1.165) is 17.4 Å². The van der Waals surface area contributed by atoms with E-state index in [1.165, 1.54) is 11.8 Å². The average Bonchev–Trinajstić information content (AvgIpc) is 2.75. The predicted molar refractivity (Wildman–Crippen MR) is 70.1 cm³/mol. The minimum absolute atomic E-state index is 0.357. The Labute approximate surface area is 115 Å². The molecule has 0 aliphatic rings. The molecule has 2 aromatic heterocycles. The van der Waals surface area contributed by atoms with Crippen LogP contribution < -0.4 is 5.32 Å². The van der Waals surface area contributed by atoms with E-state index in [1.54, 1.807) is 14.0 Å². The molecule has 0 aliphatic carbocycles. The van der Waals surface area contributed by atoms with Crippen molar-refractivity contribution in [2.24, 2.45) is 0 Å². The molecule has 0 aliphatic heterocycles. The van der Waals surface area contributed by atoms with E-state index in [-0.39, 0.29) is 0 Å². The van der Waals surface area contributed by atoms with Crippen LogP contribution in [0.15, 0.2) is 20.7 Å². The maximum atomic E-state index is 5.32. The maximum absolute atomic E-state index is 5.32. The van der Waals surface area contributed by atoms with Crippen LogP contribution in [0.5, 0.6) is 0 Å². The van der Waals surface area contributed by atoms with Gasteiger partial charge >= 0.3 is 0 Å². The van der Waals surface area contributed by atoms with E-state index in [1.807, 2.05) is 13.0 Å². The molecular weight excluding hydrogens is 266 g/mol. The van der Waals surface area contributed by atoms with Gasteiger partial charge in [-0.25, -0.2) is 9.97 Å². The molecule has 2 aromatic rings. The molecule has 0 radical (unpaired) electrons. The third-order valence-corrected chi connectivity index (χ3v) is 2.84. The van der Waals surface area contributed by atoms with Crippen LogP contribution in [-0.2, 0) is 11.3 Å².